The summed E-state index contributed by atoms with van der Waals surface area (Å²) in [6.45, 7) is 3.85. The zero-order valence-corrected chi connectivity index (χ0v) is 13.6. The highest BCUT2D eigenvalue weighted by Crippen LogP contribution is 2.45. The molecule has 1 aliphatic carbocycles. The second-order valence-electron chi connectivity index (χ2n) is 7.10. The Bertz CT molecular complexity index is 519. The van der Waals surface area contributed by atoms with Gasteiger partial charge in [-0.25, -0.2) is 0 Å². The van der Waals surface area contributed by atoms with Gasteiger partial charge in [0.2, 0.25) is 5.91 Å². The van der Waals surface area contributed by atoms with Crippen LogP contribution < -0.4 is 0 Å². The first-order chi connectivity index (χ1) is 10.7. The van der Waals surface area contributed by atoms with Gasteiger partial charge < -0.3 is 10.0 Å². The molecule has 22 heavy (non-hydrogen) atoms. The molecular weight excluding hydrogens is 274 g/mol. The maximum absolute atomic E-state index is 13.2. The monoisotopic (exact) mass is 301 g/mol. The molecule has 1 saturated heterocycles. The second-order valence-corrected chi connectivity index (χ2v) is 7.10. The number of aliphatic hydroxyl groups excluding tert-OH is 1. The van der Waals surface area contributed by atoms with Crippen molar-refractivity contribution >= 4 is 5.91 Å². The Balaban J connectivity index is 1.83. The molecule has 120 valence electrons. The third kappa shape index (κ3) is 2.79. The third-order valence-corrected chi connectivity index (χ3v) is 5.54. The lowest BCUT2D eigenvalue weighted by atomic mass is 9.63. The van der Waals surface area contributed by atoms with Crippen molar-refractivity contribution in [2.45, 2.75) is 50.9 Å². The van der Waals surface area contributed by atoms with E-state index in [4.69, 9.17) is 0 Å². The van der Waals surface area contributed by atoms with Crippen molar-refractivity contribution in [3.05, 3.63) is 35.4 Å². The molecule has 1 amide bonds. The quantitative estimate of drug-likeness (QED) is 0.932. The molecule has 1 N–H and O–H groups in total. The van der Waals surface area contributed by atoms with Crippen LogP contribution in [-0.4, -0.2) is 35.6 Å². The van der Waals surface area contributed by atoms with Gasteiger partial charge >= 0.3 is 0 Å². The first kappa shape index (κ1) is 15.5. The molecule has 3 heteroatoms. The average Bonchev–Trinajstić information content (AvgIpc) is 2.73. The van der Waals surface area contributed by atoms with Crippen LogP contribution in [0.1, 0.15) is 49.7 Å². The number of carbonyl (C=O) groups excluding carboxylic acids is 1. The normalized spacial score (nSPS) is 24.5. The van der Waals surface area contributed by atoms with Crippen molar-refractivity contribution in [2.75, 3.05) is 19.7 Å². The highest BCUT2D eigenvalue weighted by atomic mass is 16.3. The van der Waals surface area contributed by atoms with Crippen molar-refractivity contribution in [2.24, 2.45) is 5.92 Å². The van der Waals surface area contributed by atoms with Crippen LogP contribution in [0.4, 0.5) is 0 Å². The number of hydrogen-bond acceptors (Lipinski definition) is 2. The van der Waals surface area contributed by atoms with Crippen LogP contribution in [0.15, 0.2) is 24.3 Å². The minimum Gasteiger partial charge on any atom is -0.396 e. The van der Waals surface area contributed by atoms with Gasteiger partial charge in [-0.15, -0.1) is 0 Å². The van der Waals surface area contributed by atoms with Crippen LogP contribution in [0.5, 0.6) is 0 Å². The van der Waals surface area contributed by atoms with Crippen molar-refractivity contribution in [1.29, 1.82) is 0 Å². The lowest BCUT2D eigenvalue weighted by Crippen LogP contribution is -2.52. The Morgan fingerprint density at radius 2 is 1.95 bits per heavy atom. The summed E-state index contributed by atoms with van der Waals surface area (Å²) in [4.78, 5) is 15.3. The largest absolute Gasteiger partial charge is 0.396 e. The van der Waals surface area contributed by atoms with Crippen molar-refractivity contribution in [3.8, 4) is 0 Å². The van der Waals surface area contributed by atoms with E-state index in [-0.39, 0.29) is 17.9 Å². The molecule has 1 heterocycles. The molecule has 1 unspecified atom stereocenters. The Morgan fingerprint density at radius 1 is 1.23 bits per heavy atom. The summed E-state index contributed by atoms with van der Waals surface area (Å²) < 4.78 is 0. The molecule has 1 aromatic rings. The number of aliphatic hydroxyl groups is 1. The number of hydrogen-bond donors (Lipinski definition) is 1. The molecule has 0 spiro atoms. The molecule has 0 bridgehead atoms. The predicted molar refractivity (Wildman–Crippen MR) is 87.7 cm³/mol. The SMILES string of the molecule is Cc1ccc(C2(C(=O)N3CCCCC(CO)C3)CCC2)cc1. The van der Waals surface area contributed by atoms with E-state index >= 15 is 0 Å². The van der Waals surface area contributed by atoms with Crippen molar-refractivity contribution < 1.29 is 9.90 Å². The lowest BCUT2D eigenvalue weighted by molar-refractivity contribution is -0.141. The summed E-state index contributed by atoms with van der Waals surface area (Å²) in [6, 6.07) is 8.49. The Hall–Kier alpha value is -1.35. The van der Waals surface area contributed by atoms with Crippen LogP contribution in [0.2, 0.25) is 0 Å². The number of amides is 1. The third-order valence-electron chi connectivity index (χ3n) is 5.54. The summed E-state index contributed by atoms with van der Waals surface area (Å²) >= 11 is 0. The molecular formula is C19H27NO2. The van der Waals surface area contributed by atoms with E-state index in [1.165, 1.54) is 11.1 Å². The lowest BCUT2D eigenvalue weighted by Gasteiger charge is -2.44. The average molecular weight is 301 g/mol. The van der Waals surface area contributed by atoms with E-state index in [0.29, 0.717) is 5.91 Å². The van der Waals surface area contributed by atoms with Gasteiger partial charge in [-0.05, 0) is 44.1 Å². The first-order valence-corrected chi connectivity index (χ1v) is 8.63. The smallest absolute Gasteiger partial charge is 0.233 e. The molecule has 1 aliphatic heterocycles. The molecule has 0 radical (unpaired) electrons. The molecule has 1 aromatic carbocycles. The fraction of sp³-hybridized carbons (Fsp3) is 0.632. The van der Waals surface area contributed by atoms with Gasteiger partial charge in [0.05, 0.1) is 5.41 Å². The number of likely N-dealkylation sites (tertiary alicyclic amines) is 1. The van der Waals surface area contributed by atoms with Crippen LogP contribution in [0.25, 0.3) is 0 Å². The summed E-state index contributed by atoms with van der Waals surface area (Å²) in [7, 11) is 0. The minimum absolute atomic E-state index is 0.196. The van der Waals surface area contributed by atoms with E-state index < -0.39 is 0 Å². The van der Waals surface area contributed by atoms with Gasteiger partial charge in [0, 0.05) is 19.7 Å². The molecule has 1 atom stereocenters. The Kier molecular flexibility index (Phi) is 4.53. The molecule has 0 aromatic heterocycles. The summed E-state index contributed by atoms with van der Waals surface area (Å²) in [5.41, 5.74) is 2.12. The van der Waals surface area contributed by atoms with Gasteiger partial charge in [0.25, 0.3) is 0 Å². The highest BCUT2D eigenvalue weighted by Gasteiger charge is 2.47. The first-order valence-electron chi connectivity index (χ1n) is 8.63. The highest BCUT2D eigenvalue weighted by molar-refractivity contribution is 5.89. The van der Waals surface area contributed by atoms with Crippen LogP contribution in [-0.2, 0) is 10.2 Å². The van der Waals surface area contributed by atoms with E-state index in [1.807, 2.05) is 4.90 Å². The topological polar surface area (TPSA) is 40.5 Å². The van der Waals surface area contributed by atoms with Gasteiger partial charge in [-0.3, -0.25) is 4.79 Å². The van der Waals surface area contributed by atoms with Gasteiger partial charge in [0.1, 0.15) is 0 Å². The van der Waals surface area contributed by atoms with Crippen molar-refractivity contribution in [3.63, 3.8) is 0 Å². The van der Waals surface area contributed by atoms with Crippen LogP contribution >= 0.6 is 0 Å². The maximum Gasteiger partial charge on any atom is 0.233 e. The molecule has 3 nitrogen and oxygen atoms in total. The molecule has 2 aliphatic rings. The zero-order chi connectivity index (χ0) is 15.6. The standard InChI is InChI=1S/C19H27NO2/c1-15-6-8-17(9-7-15)19(10-4-11-19)18(22)20-12-3-2-5-16(13-20)14-21/h6-9,16,21H,2-5,10-14H2,1H3. The maximum atomic E-state index is 13.2. The summed E-state index contributed by atoms with van der Waals surface area (Å²) in [6.07, 6.45) is 6.29. The van der Waals surface area contributed by atoms with Crippen LogP contribution in [0, 0.1) is 12.8 Å². The van der Waals surface area contributed by atoms with Gasteiger partial charge in [0.15, 0.2) is 0 Å². The number of carbonyl (C=O) groups is 1. The molecule has 3 rings (SSSR count). The number of rotatable bonds is 3. The molecule has 2 fully saturated rings. The van der Waals surface area contributed by atoms with Gasteiger partial charge in [-0.1, -0.05) is 42.7 Å². The minimum atomic E-state index is -0.294. The number of nitrogens with zero attached hydrogens (tertiary/aromatic N) is 1. The zero-order valence-electron chi connectivity index (χ0n) is 13.6. The van der Waals surface area contributed by atoms with Crippen molar-refractivity contribution in [1.82, 2.24) is 4.90 Å². The van der Waals surface area contributed by atoms with E-state index in [1.54, 1.807) is 0 Å². The summed E-state index contributed by atoms with van der Waals surface area (Å²) in [5.74, 6) is 0.546. The van der Waals surface area contributed by atoms with Gasteiger partial charge in [-0.2, -0.15) is 0 Å². The van der Waals surface area contributed by atoms with E-state index in [9.17, 15) is 9.90 Å². The Labute approximate surface area is 133 Å². The van der Waals surface area contributed by atoms with E-state index in [2.05, 4.69) is 31.2 Å². The number of benzene rings is 1. The predicted octanol–water partition coefficient (Wildman–Crippen LogP) is 3.04. The number of aryl methyl sites for hydroxylation is 1. The van der Waals surface area contributed by atoms with E-state index in [0.717, 1.165) is 51.6 Å². The summed E-state index contributed by atoms with van der Waals surface area (Å²) in [5, 5.41) is 9.50. The Morgan fingerprint density at radius 3 is 2.55 bits per heavy atom. The molecule has 1 saturated carbocycles. The van der Waals surface area contributed by atoms with Crippen LogP contribution in [0.3, 0.4) is 0 Å². The fourth-order valence-corrected chi connectivity index (χ4v) is 3.90. The second kappa shape index (κ2) is 6.41. The fourth-order valence-electron chi connectivity index (χ4n) is 3.90.